The highest BCUT2D eigenvalue weighted by Crippen LogP contribution is 2.46. The molecule has 0 fully saturated rings. The molecule has 0 aliphatic heterocycles. The zero-order valence-corrected chi connectivity index (χ0v) is 71.3. The molecule has 2 atom stereocenters. The molecule has 4 heterocycles. The van der Waals surface area contributed by atoms with Crippen LogP contribution in [0.3, 0.4) is 0 Å². The quantitative estimate of drug-likeness (QED) is 0.0109. The second-order valence-corrected chi connectivity index (χ2v) is 33.0. The third-order valence-electron chi connectivity index (χ3n) is 18.3. The molecule has 0 saturated carbocycles. The number of para-hydroxylation sites is 4. The average Bonchev–Trinajstić information content (AvgIpc) is 1.71. The Morgan fingerprint density at radius 2 is 0.950 bits per heavy atom. The Morgan fingerprint density at radius 1 is 0.504 bits per heavy atom. The molecule has 0 spiro atoms. The van der Waals surface area contributed by atoms with E-state index in [0.717, 1.165) is 54.3 Å². The van der Waals surface area contributed by atoms with E-state index in [-0.39, 0.29) is 95.1 Å². The van der Waals surface area contributed by atoms with Gasteiger partial charge in [-0.25, -0.2) is 36.7 Å². The standard InChI is InChI=1S/C45H49ClN8O9S2.C38H38N8O8S2/c1-4-5-6-7-8-9-10-11-12-15-22-61-45(58)29-18-20-33(46)36(23-29)50-42(57)41(43-51-35-16-13-14-17-39(35)62-43)63-40-37(48-27(2)55)24-30(25-38(40)49-28(3)56)52-53-44-32-26-31(65(47,59)60)19-21-34(32)54-64-44;1-7-46(8-2)56(50,51)25-14-15-27-26(20-25)38(55-45-27)44-43-24-18-30(39-22(4)47)34(31(19-24)40-23(5)48)54-35(37-42-28-11-9-10-12-33(28)53-37)36(49)41-29-17-21(3)13-16-32(29)52-6/h13-14,16-21,23-26,41H,4-12,15,22H2,1-3H3,(H,48,55)(H,49,56)(H,50,57)(H2,47,59,60);9-20,35H,7-8H2,1-6H3,(H,39,47)(H,40,48)(H,41,49). The van der Waals surface area contributed by atoms with Crippen LogP contribution in [0.4, 0.5) is 55.5 Å². The van der Waals surface area contributed by atoms with Gasteiger partial charge in [-0.2, -0.15) is 13.1 Å². The normalized spacial score (nSPS) is 12.2. The number of aryl methyl sites for hydroxylation is 1. The fourth-order valence-electron chi connectivity index (χ4n) is 12.5. The number of esters is 1. The molecule has 0 bridgehead atoms. The Morgan fingerprint density at radius 3 is 1.40 bits per heavy atom. The number of nitrogens with two attached hydrogens (primary N) is 1. The third kappa shape index (κ3) is 23.3. The van der Waals surface area contributed by atoms with E-state index in [9.17, 15) is 50.4 Å². The highest BCUT2D eigenvalue weighted by atomic mass is 35.5. The van der Waals surface area contributed by atoms with Crippen molar-refractivity contribution in [3.63, 3.8) is 0 Å². The molecule has 12 aromatic rings. The number of halogens is 1. The van der Waals surface area contributed by atoms with Gasteiger partial charge in [-0.05, 0) is 157 Å². The SMILES string of the molecule is CCCCCCCCCCCCOC(=O)c1ccc(Cl)c(NC(=O)C(Oc2c(NC(C)=O)cc(N=Nc3snc4ccc(S(N)(=O)=O)cc34)cc2NC(C)=O)c2nc3ccccc3o2)c1.CCN(CC)S(=O)(=O)c1ccc2nsc(N=Nc3cc(NC(C)=O)c(OC(C(=O)Nc4cc(C)ccc4OC)c4nc5ccccc5o4)c(NC(C)=O)c3)c2c1. The lowest BCUT2D eigenvalue weighted by Gasteiger charge is -2.22. The van der Waals surface area contributed by atoms with E-state index in [4.69, 9.17) is 44.5 Å². The van der Waals surface area contributed by atoms with Crippen molar-refractivity contribution in [3.8, 4) is 17.2 Å². The zero-order valence-electron chi connectivity index (χ0n) is 67.3. The monoisotopic (exact) mass is 1740 g/mol. The molecule has 0 aliphatic rings. The Bertz CT molecular complexity index is 6030. The van der Waals surface area contributed by atoms with Gasteiger partial charge in [-0.3, -0.25) is 28.8 Å². The number of hydrogen-bond acceptors (Lipinski definition) is 27. The molecule has 2 unspecified atom stereocenters. The molecule has 0 aliphatic carbocycles. The molecule has 0 saturated heterocycles. The van der Waals surface area contributed by atoms with Gasteiger partial charge < -0.3 is 59.7 Å². The molecule has 8 N–H and O–H groups in total. The summed E-state index contributed by atoms with van der Waals surface area (Å²) in [6.45, 7) is 13.5. The first-order valence-electron chi connectivity index (χ1n) is 38.4. The minimum atomic E-state index is -4.03. The summed E-state index contributed by atoms with van der Waals surface area (Å²) in [5.41, 5.74) is 4.22. The van der Waals surface area contributed by atoms with Gasteiger partial charge in [0.1, 0.15) is 16.8 Å². The number of amides is 6. The number of nitrogens with one attached hydrogen (secondary N) is 6. The van der Waals surface area contributed by atoms with Gasteiger partial charge in [-0.1, -0.05) is 120 Å². The van der Waals surface area contributed by atoms with Crippen LogP contribution in [-0.2, 0) is 53.6 Å². The first-order chi connectivity index (χ1) is 58.0. The van der Waals surface area contributed by atoms with Crippen molar-refractivity contribution in [1.29, 1.82) is 0 Å². The van der Waals surface area contributed by atoms with Crippen LogP contribution in [0.15, 0.2) is 185 Å². The van der Waals surface area contributed by atoms with E-state index in [2.05, 4.69) is 78.0 Å². The fourth-order valence-corrected chi connectivity index (χ4v) is 16.1. The number of carbonyl (C=O) groups is 7. The van der Waals surface area contributed by atoms with Gasteiger partial charge in [-0.15, -0.1) is 20.5 Å². The first-order valence-corrected chi connectivity index (χ1v) is 43.3. The average molecular weight is 1740 g/mol. The van der Waals surface area contributed by atoms with Gasteiger partial charge in [0.25, 0.3) is 24.0 Å². The Hall–Kier alpha value is -12.5. The zero-order chi connectivity index (χ0) is 86.7. The summed E-state index contributed by atoms with van der Waals surface area (Å²) < 4.78 is 96.4. The second-order valence-electron chi connectivity index (χ2n) is 27.6. The maximum Gasteiger partial charge on any atom is 0.338 e. The van der Waals surface area contributed by atoms with Crippen molar-refractivity contribution < 1.29 is 78.2 Å². The lowest BCUT2D eigenvalue weighted by atomic mass is 10.1. The van der Waals surface area contributed by atoms with E-state index in [1.807, 2.05) is 13.0 Å². The van der Waals surface area contributed by atoms with Gasteiger partial charge >= 0.3 is 5.97 Å². The summed E-state index contributed by atoms with van der Waals surface area (Å²) in [6.07, 6.45) is 8.14. The van der Waals surface area contributed by atoms with Crippen molar-refractivity contribution in [2.45, 2.75) is 142 Å². The minimum Gasteiger partial charge on any atom is -0.495 e. The van der Waals surface area contributed by atoms with Crippen LogP contribution < -0.4 is 51.3 Å². The van der Waals surface area contributed by atoms with Gasteiger partial charge in [0, 0.05) is 51.6 Å². The Kier molecular flexibility index (Phi) is 30.2. The maximum atomic E-state index is 14.4. The first kappa shape index (κ1) is 89.3. The van der Waals surface area contributed by atoms with Crippen molar-refractivity contribution in [2.75, 3.05) is 58.7 Å². The predicted octanol–water partition coefficient (Wildman–Crippen LogP) is 18.8. The number of unbranched alkanes of at least 4 members (excludes halogenated alkanes) is 9. The number of sulfonamides is 2. The number of fused-ring (bicyclic) bond motifs is 4. The summed E-state index contributed by atoms with van der Waals surface area (Å²) in [5.74, 6) is -4.45. The number of methoxy groups -OCH3 is 1. The van der Waals surface area contributed by atoms with Crippen LogP contribution in [0.25, 0.3) is 44.0 Å². The predicted molar refractivity (Wildman–Crippen MR) is 462 cm³/mol. The number of azo groups is 2. The number of carbonyl (C=O) groups excluding carboxylic acids is 7. The van der Waals surface area contributed by atoms with Crippen molar-refractivity contribution >= 4 is 196 Å². The highest BCUT2D eigenvalue weighted by Gasteiger charge is 2.35. The van der Waals surface area contributed by atoms with E-state index in [0.29, 0.717) is 73.5 Å². The molecule has 8 aromatic carbocycles. The number of primary sulfonamides is 1. The van der Waals surface area contributed by atoms with E-state index in [1.54, 1.807) is 80.6 Å². The van der Waals surface area contributed by atoms with Crippen molar-refractivity contribution in [3.05, 3.63) is 174 Å². The van der Waals surface area contributed by atoms with Gasteiger partial charge in [0.15, 0.2) is 32.7 Å². The molecule has 632 valence electrons. The van der Waals surface area contributed by atoms with Crippen molar-refractivity contribution in [1.82, 2.24) is 23.0 Å². The molecule has 33 nitrogen and oxygen atoms in total. The van der Waals surface area contributed by atoms with Crippen molar-refractivity contribution in [2.24, 2.45) is 25.6 Å². The smallest absolute Gasteiger partial charge is 0.338 e. The maximum absolute atomic E-state index is 14.4. The van der Waals surface area contributed by atoms with Crippen LogP contribution >= 0.6 is 34.7 Å². The summed E-state index contributed by atoms with van der Waals surface area (Å²) >= 11 is 8.52. The number of oxazole rings is 2. The third-order valence-corrected chi connectivity index (χ3v) is 23.1. The minimum absolute atomic E-state index is 0.0292. The summed E-state index contributed by atoms with van der Waals surface area (Å²) in [5, 5.41) is 40.4. The number of ether oxygens (including phenoxy) is 4. The van der Waals surface area contributed by atoms with Gasteiger partial charge in [0.05, 0.1) is 90.6 Å². The van der Waals surface area contributed by atoms with E-state index < -0.39 is 73.7 Å². The molecular weight excluding hydrogens is 1660 g/mol. The van der Waals surface area contributed by atoms with Gasteiger partial charge in [0.2, 0.25) is 55.5 Å². The van der Waals surface area contributed by atoms with Crippen LogP contribution in [-0.4, -0.2) is 108 Å². The largest absolute Gasteiger partial charge is 0.495 e. The number of nitrogens with zero attached hydrogens (tertiary/aromatic N) is 9. The summed E-state index contributed by atoms with van der Waals surface area (Å²) in [6, 6.07) is 37.7. The number of aromatic nitrogens is 4. The summed E-state index contributed by atoms with van der Waals surface area (Å²) in [4.78, 5) is 101. The number of anilines is 6. The lowest BCUT2D eigenvalue weighted by Crippen LogP contribution is -2.30. The number of rotatable bonds is 36. The number of benzene rings is 8. The molecule has 0 radical (unpaired) electrons. The Balaban J connectivity index is 0.000000239. The van der Waals surface area contributed by atoms with Crippen LogP contribution in [0.5, 0.6) is 17.2 Å². The summed E-state index contributed by atoms with van der Waals surface area (Å²) in [7, 11) is -6.32. The highest BCUT2D eigenvalue weighted by molar-refractivity contribution is 7.89. The molecular formula is C83H87ClN16O17S4. The van der Waals surface area contributed by atoms with E-state index in [1.165, 1.54) is 150 Å². The molecule has 121 heavy (non-hydrogen) atoms. The number of hydrogen-bond donors (Lipinski definition) is 7. The molecule has 38 heteroatoms. The van der Waals surface area contributed by atoms with Crippen LogP contribution in [0.1, 0.15) is 153 Å². The Labute approximate surface area is 709 Å². The van der Waals surface area contributed by atoms with Crippen LogP contribution in [0.2, 0.25) is 5.02 Å². The van der Waals surface area contributed by atoms with E-state index >= 15 is 0 Å². The molecule has 12 rings (SSSR count). The topological polar surface area (TPSA) is 453 Å². The fraction of sp³-hybridized carbons (Fsp3) is 0.289. The second kappa shape index (κ2) is 41.0. The van der Waals surface area contributed by atoms with Crippen LogP contribution in [0, 0.1) is 6.92 Å². The lowest BCUT2D eigenvalue weighted by molar-refractivity contribution is -0.124. The molecule has 4 aromatic heterocycles. The molecule has 6 amide bonds.